The van der Waals surface area contributed by atoms with E-state index in [0.717, 1.165) is 0 Å². The molecule has 0 spiro atoms. The van der Waals surface area contributed by atoms with Gasteiger partial charge in [0.1, 0.15) is 0 Å². The second-order valence-corrected chi connectivity index (χ2v) is 24.1. The van der Waals surface area contributed by atoms with E-state index in [2.05, 4.69) is 237 Å². The van der Waals surface area contributed by atoms with Crippen molar-refractivity contribution in [3.63, 3.8) is 0 Å². The molecule has 2 nitrogen and oxygen atoms in total. The Labute approximate surface area is 399 Å². The summed E-state index contributed by atoms with van der Waals surface area (Å²) in [7, 11) is 0. The maximum atomic E-state index is 2.62. The lowest BCUT2D eigenvalue weighted by Crippen LogP contribution is -2.20. The molecule has 68 heavy (non-hydrogen) atoms. The molecule has 334 valence electrons. The maximum absolute atomic E-state index is 2.62. The van der Waals surface area contributed by atoms with Crippen LogP contribution in [0.4, 0.5) is 0 Å². The number of benzene rings is 9. The first-order chi connectivity index (χ1) is 32.3. The molecule has 0 unspecified atom stereocenters. The number of nitrogens with zero attached hydrogens (tertiary/aromatic N) is 2. The van der Waals surface area contributed by atoms with Crippen LogP contribution < -0.4 is 0 Å². The normalized spacial score (nSPS) is 13.6. The van der Waals surface area contributed by atoms with Gasteiger partial charge in [0.2, 0.25) is 0 Å². The highest BCUT2D eigenvalue weighted by molar-refractivity contribution is 6.32. The van der Waals surface area contributed by atoms with Gasteiger partial charge in [0, 0.05) is 43.1 Å². The molecule has 0 radical (unpaired) electrons. The van der Waals surface area contributed by atoms with Crippen LogP contribution >= 0.6 is 0 Å². The molecule has 4 heterocycles. The van der Waals surface area contributed by atoms with Gasteiger partial charge in [0.05, 0.1) is 33.1 Å². The molecule has 2 heteroatoms. The first-order valence-electron chi connectivity index (χ1n) is 24.8. The zero-order valence-electron chi connectivity index (χ0n) is 41.8. The minimum Gasteiger partial charge on any atom is -0.308 e. The maximum Gasteiger partial charge on any atom is 0.0620 e. The lowest BCUT2D eigenvalue weighted by atomic mass is 9.70. The standard InChI is InChI=1S/C66H60N2/c1-63(2,3)49-27-19-28-50(64(4,5)6)59(49)57-45-33-43-41-25-17-23-39-38-22-14-16-32-54(38)68(61(39)41)56(43)36-48(45)58(60-51(65(7,8)9)29-20-30-52(60)66(10,11)12)46-34-44-42-26-18-24-40-37-21-13-15-31-53(37)67(62(40)42)55(44)35-47(46)57/h13-36H,1-12H3. The van der Waals surface area contributed by atoms with Crippen molar-refractivity contribution in [1.82, 2.24) is 8.80 Å². The molecule has 0 N–H and O–H groups in total. The number of fused-ring (bicyclic) bond motifs is 14. The molecule has 0 saturated heterocycles. The van der Waals surface area contributed by atoms with Crippen LogP contribution in [0.2, 0.25) is 0 Å². The van der Waals surface area contributed by atoms with E-state index in [-0.39, 0.29) is 21.7 Å². The van der Waals surface area contributed by atoms with E-state index >= 15 is 0 Å². The van der Waals surface area contributed by atoms with E-state index < -0.39 is 0 Å². The topological polar surface area (TPSA) is 8.82 Å². The number of rotatable bonds is 2. The van der Waals surface area contributed by atoms with Crippen LogP contribution in [0.5, 0.6) is 0 Å². The van der Waals surface area contributed by atoms with Gasteiger partial charge >= 0.3 is 0 Å². The predicted molar refractivity (Wildman–Crippen MR) is 296 cm³/mol. The molecule has 0 aliphatic rings. The van der Waals surface area contributed by atoms with Crippen LogP contribution in [-0.2, 0) is 21.7 Å². The van der Waals surface area contributed by atoms with Crippen molar-refractivity contribution in [2.75, 3.05) is 0 Å². The van der Waals surface area contributed by atoms with Gasteiger partial charge in [-0.1, -0.05) is 192 Å². The van der Waals surface area contributed by atoms with Gasteiger partial charge in [-0.05, 0) is 124 Å². The highest BCUT2D eigenvalue weighted by Gasteiger charge is 2.34. The van der Waals surface area contributed by atoms with E-state index in [1.807, 2.05) is 0 Å². The van der Waals surface area contributed by atoms with E-state index in [1.165, 1.54) is 142 Å². The van der Waals surface area contributed by atoms with Crippen LogP contribution in [0.15, 0.2) is 146 Å². The SMILES string of the molecule is CC(C)(C)c1cccc(C(C)(C)C)c1-c1c2cc3c4cccc5c6ccccc6n(c3cc2c(-c2c(C(C)(C)C)cccc2C(C)(C)C)c2cc3c6cccc7c8ccccc8n(c3cc12)c76)c54. The summed E-state index contributed by atoms with van der Waals surface area (Å²) in [4.78, 5) is 0. The van der Waals surface area contributed by atoms with E-state index in [0.29, 0.717) is 0 Å². The zero-order valence-corrected chi connectivity index (χ0v) is 41.8. The van der Waals surface area contributed by atoms with E-state index in [4.69, 9.17) is 0 Å². The predicted octanol–water partition coefficient (Wildman–Crippen LogP) is 18.8. The Bertz CT molecular complexity index is 3930. The fourth-order valence-electron chi connectivity index (χ4n) is 12.7. The average molecular weight is 881 g/mol. The Balaban J connectivity index is 1.39. The monoisotopic (exact) mass is 880 g/mol. The van der Waals surface area contributed by atoms with Crippen molar-refractivity contribution in [3.05, 3.63) is 168 Å². The molecule has 0 fully saturated rings. The molecule has 0 amide bonds. The third kappa shape index (κ3) is 5.46. The second-order valence-electron chi connectivity index (χ2n) is 24.1. The Hall–Kier alpha value is -6.90. The number of para-hydroxylation sites is 4. The van der Waals surface area contributed by atoms with Gasteiger partial charge in [-0.3, -0.25) is 0 Å². The van der Waals surface area contributed by atoms with Crippen molar-refractivity contribution in [3.8, 4) is 22.3 Å². The molecule has 9 aromatic carbocycles. The average Bonchev–Trinajstić information content (AvgIpc) is 4.02. The van der Waals surface area contributed by atoms with Gasteiger partial charge in [-0.25, -0.2) is 0 Å². The summed E-state index contributed by atoms with van der Waals surface area (Å²) in [6, 6.07) is 56.7. The van der Waals surface area contributed by atoms with E-state index in [9.17, 15) is 0 Å². The highest BCUT2D eigenvalue weighted by atomic mass is 14.9. The summed E-state index contributed by atoms with van der Waals surface area (Å²) in [6.07, 6.45) is 0. The van der Waals surface area contributed by atoms with Crippen molar-refractivity contribution >= 4 is 97.7 Å². The summed E-state index contributed by atoms with van der Waals surface area (Å²) in [6.45, 7) is 28.8. The largest absolute Gasteiger partial charge is 0.308 e. The van der Waals surface area contributed by atoms with Gasteiger partial charge in [0.15, 0.2) is 0 Å². The number of hydrogen-bond donors (Lipinski definition) is 0. The van der Waals surface area contributed by atoms with Crippen molar-refractivity contribution in [1.29, 1.82) is 0 Å². The first-order valence-corrected chi connectivity index (χ1v) is 24.8. The van der Waals surface area contributed by atoms with Crippen molar-refractivity contribution in [2.24, 2.45) is 0 Å². The smallest absolute Gasteiger partial charge is 0.0620 e. The Morgan fingerprint density at radius 2 is 0.515 bits per heavy atom. The molecule has 0 aliphatic heterocycles. The van der Waals surface area contributed by atoms with Gasteiger partial charge < -0.3 is 8.80 Å². The first kappa shape index (κ1) is 41.3. The minimum absolute atomic E-state index is 0.137. The lowest BCUT2D eigenvalue weighted by molar-refractivity contribution is 0.571. The third-order valence-corrected chi connectivity index (χ3v) is 15.7. The van der Waals surface area contributed by atoms with Crippen molar-refractivity contribution < 1.29 is 0 Å². The quantitative estimate of drug-likeness (QED) is 0.153. The fourth-order valence-corrected chi connectivity index (χ4v) is 12.7. The van der Waals surface area contributed by atoms with Crippen LogP contribution in [0, 0.1) is 0 Å². The summed E-state index contributed by atoms with van der Waals surface area (Å²) >= 11 is 0. The molecule has 0 bridgehead atoms. The van der Waals surface area contributed by atoms with Crippen LogP contribution in [0.25, 0.3) is 120 Å². The van der Waals surface area contributed by atoms with Crippen LogP contribution in [0.1, 0.15) is 105 Å². The van der Waals surface area contributed by atoms with Gasteiger partial charge in [-0.15, -0.1) is 0 Å². The third-order valence-electron chi connectivity index (χ3n) is 15.7. The lowest BCUT2D eigenvalue weighted by Gasteiger charge is -2.33. The van der Waals surface area contributed by atoms with Gasteiger partial charge in [0.25, 0.3) is 0 Å². The Kier molecular flexibility index (Phi) is 8.15. The fraction of sp³-hybridized carbons (Fsp3) is 0.242. The van der Waals surface area contributed by atoms with Crippen molar-refractivity contribution in [2.45, 2.75) is 105 Å². The summed E-state index contributed by atoms with van der Waals surface area (Å²) in [5.74, 6) is 0. The molecular weight excluding hydrogens is 821 g/mol. The molecule has 13 rings (SSSR count). The van der Waals surface area contributed by atoms with Crippen LogP contribution in [-0.4, -0.2) is 8.80 Å². The molecular formula is C66H60N2. The number of hydrogen-bond acceptors (Lipinski definition) is 0. The Morgan fingerprint density at radius 1 is 0.235 bits per heavy atom. The van der Waals surface area contributed by atoms with Gasteiger partial charge in [-0.2, -0.15) is 0 Å². The molecule has 13 aromatic rings. The summed E-state index contributed by atoms with van der Waals surface area (Å²) < 4.78 is 5.16. The highest BCUT2D eigenvalue weighted by Crippen LogP contribution is 2.55. The molecule has 0 atom stereocenters. The second kappa shape index (κ2) is 13.4. The van der Waals surface area contributed by atoms with Crippen LogP contribution in [0.3, 0.4) is 0 Å². The zero-order chi connectivity index (χ0) is 47.1. The minimum atomic E-state index is -0.137. The molecule has 0 aliphatic carbocycles. The molecule has 0 saturated carbocycles. The van der Waals surface area contributed by atoms with E-state index in [1.54, 1.807) is 0 Å². The molecule has 4 aromatic heterocycles. The summed E-state index contributed by atoms with van der Waals surface area (Å²) in [5, 5.41) is 15.7. The summed E-state index contributed by atoms with van der Waals surface area (Å²) in [5.41, 5.74) is 18.0. The Morgan fingerprint density at radius 3 is 0.853 bits per heavy atom. The number of aromatic nitrogens is 2.